The number of benzene rings is 1. The van der Waals surface area contributed by atoms with Crippen LogP contribution in [0.5, 0.6) is 17.2 Å². The Bertz CT molecular complexity index is 578. The molecule has 24 heavy (non-hydrogen) atoms. The molecule has 0 radical (unpaired) electrons. The summed E-state index contributed by atoms with van der Waals surface area (Å²) in [6, 6.07) is 2.89. The number of carbonyl (C=O) groups is 1. The molecule has 5 nitrogen and oxygen atoms in total. The second kappa shape index (κ2) is 7.19. The summed E-state index contributed by atoms with van der Waals surface area (Å²) in [6.07, 6.45) is -3.93. The molecule has 1 aromatic rings. The van der Waals surface area contributed by atoms with Gasteiger partial charge >= 0.3 is 6.18 Å². The van der Waals surface area contributed by atoms with E-state index in [4.69, 9.17) is 14.2 Å². The minimum atomic E-state index is -4.30. The van der Waals surface area contributed by atoms with Gasteiger partial charge in [-0.25, -0.2) is 0 Å². The lowest BCUT2D eigenvalue weighted by atomic mass is 9.97. The SMILES string of the molecule is COc1cc(C(=O)N2CCCC(C(F)(F)F)C2)cc(OC)c1OC. The van der Waals surface area contributed by atoms with Crippen LogP contribution in [0.3, 0.4) is 0 Å². The fourth-order valence-electron chi connectivity index (χ4n) is 2.82. The lowest BCUT2D eigenvalue weighted by molar-refractivity contribution is -0.184. The van der Waals surface area contributed by atoms with Crippen LogP contribution in [0.15, 0.2) is 12.1 Å². The average Bonchev–Trinajstić information content (AvgIpc) is 2.59. The van der Waals surface area contributed by atoms with Crippen LogP contribution >= 0.6 is 0 Å². The zero-order chi connectivity index (χ0) is 17.9. The third kappa shape index (κ3) is 3.68. The van der Waals surface area contributed by atoms with E-state index < -0.39 is 18.0 Å². The van der Waals surface area contributed by atoms with E-state index in [2.05, 4.69) is 0 Å². The van der Waals surface area contributed by atoms with E-state index in [9.17, 15) is 18.0 Å². The fraction of sp³-hybridized carbons (Fsp3) is 0.562. The third-order valence-electron chi connectivity index (χ3n) is 4.08. The number of likely N-dealkylation sites (tertiary alicyclic amines) is 1. The third-order valence-corrected chi connectivity index (χ3v) is 4.08. The number of amides is 1. The summed E-state index contributed by atoms with van der Waals surface area (Å²) in [7, 11) is 4.25. The molecule has 1 unspecified atom stereocenters. The average molecular weight is 347 g/mol. The fourth-order valence-corrected chi connectivity index (χ4v) is 2.82. The summed E-state index contributed by atoms with van der Waals surface area (Å²) in [4.78, 5) is 13.8. The molecule has 1 fully saturated rings. The number of piperidine rings is 1. The van der Waals surface area contributed by atoms with Crippen LogP contribution in [-0.4, -0.2) is 51.4 Å². The number of halogens is 3. The number of methoxy groups -OCH3 is 3. The second-order valence-electron chi connectivity index (χ2n) is 5.55. The highest BCUT2D eigenvalue weighted by Crippen LogP contribution is 2.39. The van der Waals surface area contributed by atoms with Gasteiger partial charge in [0.25, 0.3) is 5.91 Å². The van der Waals surface area contributed by atoms with E-state index in [0.717, 1.165) is 0 Å². The predicted octanol–water partition coefficient (Wildman–Crippen LogP) is 3.13. The summed E-state index contributed by atoms with van der Waals surface area (Å²) >= 11 is 0. The maximum Gasteiger partial charge on any atom is 0.393 e. The summed E-state index contributed by atoms with van der Waals surface area (Å²) in [5.74, 6) is -1.09. The highest BCUT2D eigenvalue weighted by molar-refractivity contribution is 5.95. The quantitative estimate of drug-likeness (QED) is 0.840. The molecule has 0 N–H and O–H groups in total. The molecule has 0 aromatic heterocycles. The van der Waals surface area contributed by atoms with E-state index in [1.165, 1.54) is 38.4 Å². The second-order valence-corrected chi connectivity index (χ2v) is 5.55. The van der Waals surface area contributed by atoms with Gasteiger partial charge in [0.05, 0.1) is 27.2 Å². The van der Waals surface area contributed by atoms with Gasteiger partial charge in [-0.3, -0.25) is 4.79 Å². The van der Waals surface area contributed by atoms with Crippen molar-refractivity contribution in [3.05, 3.63) is 17.7 Å². The van der Waals surface area contributed by atoms with Crippen molar-refractivity contribution < 1.29 is 32.2 Å². The van der Waals surface area contributed by atoms with E-state index in [-0.39, 0.29) is 30.0 Å². The molecule has 2 rings (SSSR count). The van der Waals surface area contributed by atoms with Crippen LogP contribution in [-0.2, 0) is 0 Å². The predicted molar refractivity (Wildman–Crippen MR) is 80.8 cm³/mol. The first-order valence-electron chi connectivity index (χ1n) is 7.47. The van der Waals surface area contributed by atoms with Crippen molar-refractivity contribution >= 4 is 5.91 Å². The number of hydrogen-bond acceptors (Lipinski definition) is 4. The van der Waals surface area contributed by atoms with Gasteiger partial charge in [-0.15, -0.1) is 0 Å². The molecular formula is C16H20F3NO4. The van der Waals surface area contributed by atoms with Crippen LogP contribution in [0.25, 0.3) is 0 Å². The first kappa shape index (κ1) is 18.2. The molecule has 1 aliphatic rings. The zero-order valence-corrected chi connectivity index (χ0v) is 13.8. The minimum absolute atomic E-state index is 0.0442. The molecule has 0 bridgehead atoms. The summed E-state index contributed by atoms with van der Waals surface area (Å²) in [6.45, 7) is -0.0406. The number of alkyl halides is 3. The summed E-state index contributed by atoms with van der Waals surface area (Å²) in [5.41, 5.74) is 0.201. The van der Waals surface area contributed by atoms with Crippen LogP contribution in [0.4, 0.5) is 13.2 Å². The van der Waals surface area contributed by atoms with Gasteiger partial charge in [0.15, 0.2) is 11.5 Å². The Morgan fingerprint density at radius 3 is 2.17 bits per heavy atom. The largest absolute Gasteiger partial charge is 0.493 e. The van der Waals surface area contributed by atoms with Crippen LogP contribution in [0.1, 0.15) is 23.2 Å². The number of ether oxygens (including phenoxy) is 3. The molecule has 0 aliphatic carbocycles. The summed E-state index contributed by atoms with van der Waals surface area (Å²) < 4.78 is 54.3. The van der Waals surface area contributed by atoms with Crippen molar-refractivity contribution in [3.8, 4) is 17.2 Å². The highest BCUT2D eigenvalue weighted by Gasteiger charge is 2.42. The Hall–Kier alpha value is -2.12. The van der Waals surface area contributed by atoms with Crippen molar-refractivity contribution in [1.29, 1.82) is 0 Å². The number of nitrogens with zero attached hydrogens (tertiary/aromatic N) is 1. The topological polar surface area (TPSA) is 48.0 Å². The molecule has 1 saturated heterocycles. The van der Waals surface area contributed by atoms with Gasteiger partial charge in [-0.2, -0.15) is 13.2 Å². The summed E-state index contributed by atoms with van der Waals surface area (Å²) in [5, 5.41) is 0. The lowest BCUT2D eigenvalue weighted by Gasteiger charge is -2.34. The maximum absolute atomic E-state index is 12.9. The number of hydrogen-bond donors (Lipinski definition) is 0. The first-order chi connectivity index (χ1) is 11.3. The van der Waals surface area contributed by atoms with E-state index in [1.54, 1.807) is 0 Å². The standard InChI is InChI=1S/C16H20F3NO4/c1-22-12-7-10(8-13(23-2)14(12)24-3)15(21)20-6-4-5-11(9-20)16(17,18)19/h7-8,11H,4-6,9H2,1-3H3. The van der Waals surface area contributed by atoms with E-state index in [1.807, 2.05) is 0 Å². The van der Waals surface area contributed by atoms with Gasteiger partial charge in [-0.05, 0) is 25.0 Å². The first-order valence-corrected chi connectivity index (χ1v) is 7.47. The molecule has 0 spiro atoms. The Kier molecular flexibility index (Phi) is 5.46. The van der Waals surface area contributed by atoms with E-state index in [0.29, 0.717) is 18.7 Å². The van der Waals surface area contributed by atoms with Gasteiger partial charge < -0.3 is 19.1 Å². The van der Waals surface area contributed by atoms with Gasteiger partial charge in [0.1, 0.15) is 0 Å². The van der Waals surface area contributed by atoms with Crippen LogP contribution in [0.2, 0.25) is 0 Å². The zero-order valence-electron chi connectivity index (χ0n) is 13.8. The van der Waals surface area contributed by atoms with Gasteiger partial charge in [-0.1, -0.05) is 0 Å². The lowest BCUT2D eigenvalue weighted by Crippen LogP contribution is -2.44. The van der Waals surface area contributed by atoms with Crippen molar-refractivity contribution in [3.63, 3.8) is 0 Å². The number of rotatable bonds is 4. The Balaban J connectivity index is 2.29. The maximum atomic E-state index is 12.9. The Labute approximate surface area is 138 Å². The molecule has 1 heterocycles. The van der Waals surface area contributed by atoms with Crippen LogP contribution < -0.4 is 14.2 Å². The Morgan fingerprint density at radius 1 is 1.12 bits per heavy atom. The minimum Gasteiger partial charge on any atom is -0.493 e. The molecule has 134 valence electrons. The molecule has 1 amide bonds. The molecule has 0 saturated carbocycles. The number of carbonyl (C=O) groups excluding carboxylic acids is 1. The van der Waals surface area contributed by atoms with E-state index >= 15 is 0 Å². The van der Waals surface area contributed by atoms with Crippen molar-refractivity contribution in [1.82, 2.24) is 4.90 Å². The van der Waals surface area contributed by atoms with Crippen molar-refractivity contribution in [2.45, 2.75) is 19.0 Å². The van der Waals surface area contributed by atoms with Crippen LogP contribution in [0, 0.1) is 5.92 Å². The normalized spacial score (nSPS) is 18.2. The van der Waals surface area contributed by atoms with Crippen molar-refractivity contribution in [2.75, 3.05) is 34.4 Å². The smallest absolute Gasteiger partial charge is 0.393 e. The highest BCUT2D eigenvalue weighted by atomic mass is 19.4. The molecule has 1 atom stereocenters. The molecule has 8 heteroatoms. The van der Waals surface area contributed by atoms with Crippen molar-refractivity contribution in [2.24, 2.45) is 5.92 Å². The van der Waals surface area contributed by atoms with Gasteiger partial charge in [0, 0.05) is 18.7 Å². The molecule has 1 aliphatic heterocycles. The molecule has 1 aromatic carbocycles. The Morgan fingerprint density at radius 2 is 1.71 bits per heavy atom. The van der Waals surface area contributed by atoms with Gasteiger partial charge in [0.2, 0.25) is 5.75 Å². The molecular weight excluding hydrogens is 327 g/mol. The monoisotopic (exact) mass is 347 g/mol.